The summed E-state index contributed by atoms with van der Waals surface area (Å²) in [4.78, 5) is 26.5. The van der Waals surface area contributed by atoms with Crippen molar-refractivity contribution in [2.45, 2.75) is 25.9 Å². The summed E-state index contributed by atoms with van der Waals surface area (Å²) < 4.78 is 13.1. The molecule has 0 N–H and O–H groups in total. The molecule has 2 heterocycles. The molecule has 2 unspecified atom stereocenters. The van der Waals surface area contributed by atoms with E-state index in [9.17, 15) is 14.0 Å². The molecule has 2 aliphatic heterocycles. The van der Waals surface area contributed by atoms with E-state index in [4.69, 9.17) is 0 Å². The maximum atomic E-state index is 13.1. The molecule has 1 saturated heterocycles. The number of nitrogens with zero attached hydrogens (tertiary/aromatic N) is 4. The topological polar surface area (TPSA) is 65.3 Å². The minimum Gasteiger partial charge on any atom is -0.271 e. The number of benzene rings is 2. The Labute approximate surface area is 143 Å². The second kappa shape index (κ2) is 5.47. The lowest BCUT2D eigenvalue weighted by Gasteiger charge is -2.21. The summed E-state index contributed by atoms with van der Waals surface area (Å²) in [5.74, 6) is -1.29. The van der Waals surface area contributed by atoms with Crippen molar-refractivity contribution < 1.29 is 14.0 Å². The van der Waals surface area contributed by atoms with Gasteiger partial charge in [-0.05, 0) is 61.4 Å². The molecule has 126 valence electrons. The fourth-order valence-electron chi connectivity index (χ4n) is 3.09. The van der Waals surface area contributed by atoms with Crippen LogP contribution in [0.15, 0.2) is 52.8 Å². The molecule has 7 heteroatoms. The molecule has 0 saturated carbocycles. The van der Waals surface area contributed by atoms with E-state index in [0.717, 1.165) is 16.0 Å². The van der Waals surface area contributed by atoms with E-state index in [1.165, 1.54) is 29.3 Å². The van der Waals surface area contributed by atoms with Crippen LogP contribution >= 0.6 is 0 Å². The van der Waals surface area contributed by atoms with Gasteiger partial charge in [0.05, 0.1) is 11.4 Å². The molecule has 6 nitrogen and oxygen atoms in total. The van der Waals surface area contributed by atoms with Crippen molar-refractivity contribution in [3.63, 3.8) is 0 Å². The van der Waals surface area contributed by atoms with E-state index in [2.05, 4.69) is 10.3 Å². The average molecular weight is 338 g/mol. The molecule has 4 rings (SSSR count). The summed E-state index contributed by atoms with van der Waals surface area (Å²) in [6.45, 7) is 3.96. The van der Waals surface area contributed by atoms with Crippen molar-refractivity contribution in [1.82, 2.24) is 0 Å². The number of aryl methyl sites for hydroxylation is 2. The highest BCUT2D eigenvalue weighted by Gasteiger charge is 2.55. The molecule has 0 aromatic heterocycles. The summed E-state index contributed by atoms with van der Waals surface area (Å²) in [7, 11) is 0. The van der Waals surface area contributed by atoms with Crippen molar-refractivity contribution >= 4 is 23.2 Å². The van der Waals surface area contributed by atoms with Gasteiger partial charge in [-0.1, -0.05) is 11.3 Å². The highest BCUT2D eigenvalue weighted by molar-refractivity contribution is 6.26. The molecule has 2 aromatic carbocycles. The second-order valence-electron chi connectivity index (χ2n) is 6.20. The lowest BCUT2D eigenvalue weighted by Crippen LogP contribution is -2.40. The number of rotatable bonds is 2. The Morgan fingerprint density at radius 1 is 0.920 bits per heavy atom. The third-order valence-corrected chi connectivity index (χ3v) is 4.62. The summed E-state index contributed by atoms with van der Waals surface area (Å²) in [6, 6.07) is 9.26. The number of anilines is 2. The quantitative estimate of drug-likeness (QED) is 0.791. The second-order valence-corrected chi connectivity index (χ2v) is 6.20. The first-order chi connectivity index (χ1) is 12.0. The monoisotopic (exact) mass is 338 g/mol. The van der Waals surface area contributed by atoms with Crippen LogP contribution in [-0.4, -0.2) is 23.9 Å². The number of carbonyl (C=O) groups excluding carboxylic acids is 2. The molecule has 0 aliphatic carbocycles. The first-order valence-corrected chi connectivity index (χ1v) is 7.88. The molecular weight excluding hydrogens is 323 g/mol. The van der Waals surface area contributed by atoms with E-state index in [-0.39, 0.29) is 0 Å². The van der Waals surface area contributed by atoms with Crippen LogP contribution in [-0.2, 0) is 9.59 Å². The third kappa shape index (κ3) is 2.31. The number of hydrogen-bond donors (Lipinski definition) is 0. The van der Waals surface area contributed by atoms with Crippen molar-refractivity contribution in [2.75, 3.05) is 9.91 Å². The predicted molar refractivity (Wildman–Crippen MR) is 89.7 cm³/mol. The van der Waals surface area contributed by atoms with Gasteiger partial charge in [-0.2, -0.15) is 5.11 Å². The molecular formula is C18H15FN4O2. The first-order valence-electron chi connectivity index (χ1n) is 7.88. The van der Waals surface area contributed by atoms with Gasteiger partial charge in [0, 0.05) is 0 Å². The van der Waals surface area contributed by atoms with Crippen LogP contribution < -0.4 is 9.91 Å². The Morgan fingerprint density at radius 3 is 2.28 bits per heavy atom. The normalized spacial score (nSPS) is 22.0. The minimum absolute atomic E-state index is 0.334. The SMILES string of the molecule is Cc1ccc(N2N=NC3C(=O)N(c4ccc(F)cc4)C(=O)C32)cc1C. The standard InChI is InChI=1S/C18H15FN4O2/c1-10-3-6-14(9-11(10)2)23-16-15(20-21-23)17(24)22(18(16)25)13-7-4-12(19)5-8-13/h3-9,15-16H,1-2H3. The lowest BCUT2D eigenvalue weighted by molar-refractivity contribution is -0.121. The van der Waals surface area contributed by atoms with Gasteiger partial charge < -0.3 is 0 Å². The zero-order chi connectivity index (χ0) is 17.7. The van der Waals surface area contributed by atoms with Gasteiger partial charge in [0.2, 0.25) is 0 Å². The van der Waals surface area contributed by atoms with Crippen LogP contribution in [0.1, 0.15) is 11.1 Å². The van der Waals surface area contributed by atoms with E-state index in [1.54, 1.807) is 0 Å². The van der Waals surface area contributed by atoms with E-state index < -0.39 is 29.7 Å². The number of imide groups is 1. The summed E-state index contributed by atoms with van der Waals surface area (Å²) in [5, 5.41) is 9.52. The van der Waals surface area contributed by atoms with Crippen molar-refractivity contribution in [3.05, 3.63) is 59.4 Å². The van der Waals surface area contributed by atoms with Gasteiger partial charge in [0.15, 0.2) is 12.1 Å². The van der Waals surface area contributed by atoms with Gasteiger partial charge in [-0.15, -0.1) is 0 Å². The Bertz CT molecular complexity index is 910. The van der Waals surface area contributed by atoms with Crippen molar-refractivity contribution in [2.24, 2.45) is 10.3 Å². The summed E-state index contributed by atoms with van der Waals surface area (Å²) >= 11 is 0. The van der Waals surface area contributed by atoms with Gasteiger partial charge in [0.1, 0.15) is 5.82 Å². The molecule has 0 radical (unpaired) electrons. The first kappa shape index (κ1) is 15.4. The number of hydrogen-bond acceptors (Lipinski definition) is 5. The van der Waals surface area contributed by atoms with Crippen molar-refractivity contribution in [3.8, 4) is 0 Å². The number of halogens is 1. The van der Waals surface area contributed by atoms with Crippen LogP contribution in [0.3, 0.4) is 0 Å². The maximum Gasteiger partial charge on any atom is 0.263 e. The van der Waals surface area contributed by atoms with Crippen LogP contribution in [0.5, 0.6) is 0 Å². The fraction of sp³-hybridized carbons (Fsp3) is 0.222. The van der Waals surface area contributed by atoms with E-state index >= 15 is 0 Å². The Morgan fingerprint density at radius 2 is 1.60 bits per heavy atom. The molecule has 0 spiro atoms. The maximum absolute atomic E-state index is 13.1. The molecule has 2 aliphatic rings. The molecule has 0 bridgehead atoms. The number of fused-ring (bicyclic) bond motifs is 1. The Hall–Kier alpha value is -3.09. The minimum atomic E-state index is -0.876. The fourth-order valence-corrected chi connectivity index (χ4v) is 3.09. The molecule has 2 amide bonds. The molecule has 25 heavy (non-hydrogen) atoms. The largest absolute Gasteiger partial charge is 0.271 e. The van der Waals surface area contributed by atoms with Gasteiger partial charge in [-0.25, -0.2) is 14.3 Å². The van der Waals surface area contributed by atoms with Gasteiger partial charge in [-0.3, -0.25) is 9.59 Å². The molecule has 2 atom stereocenters. The number of amides is 2. The highest BCUT2D eigenvalue weighted by atomic mass is 19.1. The Kier molecular flexibility index (Phi) is 3.38. The average Bonchev–Trinajstić information content (AvgIpc) is 3.13. The zero-order valence-electron chi connectivity index (χ0n) is 13.7. The zero-order valence-corrected chi connectivity index (χ0v) is 13.7. The number of carbonyl (C=O) groups is 2. The summed E-state index contributed by atoms with van der Waals surface area (Å²) in [5.41, 5.74) is 3.23. The predicted octanol–water partition coefficient (Wildman–Crippen LogP) is 2.94. The van der Waals surface area contributed by atoms with Crippen LogP contribution in [0.2, 0.25) is 0 Å². The molecule has 2 aromatic rings. The van der Waals surface area contributed by atoms with Crippen LogP contribution in [0.4, 0.5) is 15.8 Å². The van der Waals surface area contributed by atoms with Gasteiger partial charge >= 0.3 is 0 Å². The van der Waals surface area contributed by atoms with Crippen molar-refractivity contribution in [1.29, 1.82) is 0 Å². The highest BCUT2D eigenvalue weighted by Crippen LogP contribution is 2.35. The molecule has 1 fully saturated rings. The lowest BCUT2D eigenvalue weighted by atomic mass is 10.1. The van der Waals surface area contributed by atoms with Gasteiger partial charge in [0.25, 0.3) is 11.8 Å². The van der Waals surface area contributed by atoms with E-state index in [0.29, 0.717) is 11.4 Å². The Balaban J connectivity index is 1.70. The smallest absolute Gasteiger partial charge is 0.263 e. The third-order valence-electron chi connectivity index (χ3n) is 4.62. The van der Waals surface area contributed by atoms with Crippen LogP contribution in [0, 0.1) is 19.7 Å². The summed E-state index contributed by atoms with van der Waals surface area (Å²) in [6.07, 6.45) is 0. The van der Waals surface area contributed by atoms with E-state index in [1.807, 2.05) is 32.0 Å². The van der Waals surface area contributed by atoms with Crippen LogP contribution in [0.25, 0.3) is 0 Å².